The summed E-state index contributed by atoms with van der Waals surface area (Å²) in [4.78, 5) is 21.4. The van der Waals surface area contributed by atoms with Gasteiger partial charge in [-0.1, -0.05) is 12.1 Å². The Balaban J connectivity index is 2.33. The van der Waals surface area contributed by atoms with Crippen molar-refractivity contribution in [3.8, 4) is 0 Å². The van der Waals surface area contributed by atoms with Crippen LogP contribution in [-0.4, -0.2) is 17.3 Å². The standard InChI is InChI=1S/C13H12FNO3/c14-11-3-1-9(2-4-11)13-6-5-12(15(17)18)7-10(13)8-16/h1-4,8,12H,5-7H2. The molecule has 0 aromatic heterocycles. The normalized spacial score (nSPS) is 19.7. The third-order valence-electron chi connectivity index (χ3n) is 3.20. The van der Waals surface area contributed by atoms with Gasteiger partial charge in [0.1, 0.15) is 12.1 Å². The molecule has 1 aliphatic rings. The van der Waals surface area contributed by atoms with E-state index >= 15 is 0 Å². The highest BCUT2D eigenvalue weighted by Crippen LogP contribution is 2.32. The Morgan fingerprint density at radius 2 is 2.00 bits per heavy atom. The highest BCUT2D eigenvalue weighted by atomic mass is 19.1. The van der Waals surface area contributed by atoms with E-state index in [0.29, 0.717) is 24.7 Å². The molecule has 4 nitrogen and oxygen atoms in total. The van der Waals surface area contributed by atoms with Crippen LogP contribution in [0.4, 0.5) is 4.39 Å². The fraction of sp³-hybridized carbons (Fsp3) is 0.308. The van der Waals surface area contributed by atoms with Crippen LogP contribution in [0.1, 0.15) is 24.8 Å². The van der Waals surface area contributed by atoms with Gasteiger partial charge in [-0.25, -0.2) is 4.39 Å². The van der Waals surface area contributed by atoms with E-state index in [-0.39, 0.29) is 17.2 Å². The molecule has 0 saturated carbocycles. The average molecular weight is 249 g/mol. The molecule has 0 radical (unpaired) electrons. The lowest BCUT2D eigenvalue weighted by atomic mass is 9.85. The maximum atomic E-state index is 12.8. The van der Waals surface area contributed by atoms with Crippen molar-refractivity contribution >= 4 is 11.9 Å². The van der Waals surface area contributed by atoms with E-state index in [2.05, 4.69) is 0 Å². The summed E-state index contributed by atoms with van der Waals surface area (Å²) in [5, 5.41) is 10.7. The Labute approximate surface area is 103 Å². The molecule has 1 unspecified atom stereocenters. The lowest BCUT2D eigenvalue weighted by Crippen LogP contribution is -2.24. The number of aldehydes is 1. The van der Waals surface area contributed by atoms with Gasteiger partial charge in [0.05, 0.1) is 0 Å². The Morgan fingerprint density at radius 3 is 2.56 bits per heavy atom. The summed E-state index contributed by atoms with van der Waals surface area (Å²) in [7, 11) is 0. The topological polar surface area (TPSA) is 60.2 Å². The quantitative estimate of drug-likeness (QED) is 0.470. The first-order valence-corrected chi connectivity index (χ1v) is 5.68. The third kappa shape index (κ3) is 2.45. The minimum Gasteiger partial charge on any atom is -0.298 e. The molecule has 0 N–H and O–H groups in total. The van der Waals surface area contributed by atoms with Crippen LogP contribution in [0.2, 0.25) is 0 Å². The number of allylic oxidation sites excluding steroid dienone is 1. The van der Waals surface area contributed by atoms with Gasteiger partial charge in [-0.3, -0.25) is 14.9 Å². The van der Waals surface area contributed by atoms with E-state index in [0.717, 1.165) is 11.1 Å². The number of benzene rings is 1. The summed E-state index contributed by atoms with van der Waals surface area (Å²) >= 11 is 0. The molecule has 1 aromatic carbocycles. The van der Waals surface area contributed by atoms with Crippen LogP contribution in [0.5, 0.6) is 0 Å². The highest BCUT2D eigenvalue weighted by molar-refractivity contribution is 5.88. The molecule has 5 heteroatoms. The second-order valence-corrected chi connectivity index (χ2v) is 4.31. The smallest absolute Gasteiger partial charge is 0.217 e. The van der Waals surface area contributed by atoms with Crippen LogP contribution in [-0.2, 0) is 4.79 Å². The van der Waals surface area contributed by atoms with Gasteiger partial charge in [-0.2, -0.15) is 0 Å². The fourth-order valence-electron chi connectivity index (χ4n) is 2.23. The predicted octanol–water partition coefficient (Wildman–Crippen LogP) is 2.61. The van der Waals surface area contributed by atoms with Crippen molar-refractivity contribution in [3.63, 3.8) is 0 Å². The summed E-state index contributed by atoms with van der Waals surface area (Å²) in [6.45, 7) is 0. The summed E-state index contributed by atoms with van der Waals surface area (Å²) in [5.41, 5.74) is 2.01. The van der Waals surface area contributed by atoms with Gasteiger partial charge >= 0.3 is 0 Å². The summed E-state index contributed by atoms with van der Waals surface area (Å²) in [6, 6.07) is 5.16. The molecular formula is C13H12FNO3. The van der Waals surface area contributed by atoms with E-state index in [9.17, 15) is 19.3 Å². The van der Waals surface area contributed by atoms with Gasteiger partial charge in [0.25, 0.3) is 0 Å². The van der Waals surface area contributed by atoms with Gasteiger partial charge in [0.15, 0.2) is 0 Å². The van der Waals surface area contributed by atoms with E-state index in [1.54, 1.807) is 12.1 Å². The monoisotopic (exact) mass is 249 g/mol. The van der Waals surface area contributed by atoms with Crippen molar-refractivity contribution in [2.24, 2.45) is 0 Å². The zero-order valence-corrected chi connectivity index (χ0v) is 9.64. The Bertz CT molecular complexity index is 507. The van der Waals surface area contributed by atoms with Crippen molar-refractivity contribution in [1.29, 1.82) is 0 Å². The van der Waals surface area contributed by atoms with E-state index in [4.69, 9.17) is 0 Å². The van der Waals surface area contributed by atoms with Crippen LogP contribution in [0.3, 0.4) is 0 Å². The molecule has 0 fully saturated rings. The van der Waals surface area contributed by atoms with Crippen LogP contribution < -0.4 is 0 Å². The Kier molecular flexibility index (Phi) is 3.50. The maximum absolute atomic E-state index is 12.8. The van der Waals surface area contributed by atoms with Crippen molar-refractivity contribution in [3.05, 3.63) is 51.3 Å². The average Bonchev–Trinajstić information content (AvgIpc) is 2.39. The van der Waals surface area contributed by atoms with E-state index in [1.165, 1.54) is 12.1 Å². The largest absolute Gasteiger partial charge is 0.298 e. The Hall–Kier alpha value is -2.04. The molecule has 0 saturated heterocycles. The second-order valence-electron chi connectivity index (χ2n) is 4.31. The minimum absolute atomic E-state index is 0.156. The van der Waals surface area contributed by atoms with Crippen molar-refractivity contribution in [1.82, 2.24) is 0 Å². The summed E-state index contributed by atoms with van der Waals surface area (Å²) < 4.78 is 12.8. The molecule has 0 bridgehead atoms. The van der Waals surface area contributed by atoms with Gasteiger partial charge in [-0.05, 0) is 29.7 Å². The summed E-state index contributed by atoms with van der Waals surface area (Å²) in [5.74, 6) is -0.342. The number of rotatable bonds is 3. The van der Waals surface area contributed by atoms with Crippen LogP contribution in [0.15, 0.2) is 29.8 Å². The number of hydrogen-bond donors (Lipinski definition) is 0. The van der Waals surface area contributed by atoms with Gasteiger partial charge in [0, 0.05) is 23.3 Å². The molecule has 1 aromatic rings. The van der Waals surface area contributed by atoms with Crippen LogP contribution in [0.25, 0.3) is 5.57 Å². The first-order valence-electron chi connectivity index (χ1n) is 5.68. The summed E-state index contributed by atoms with van der Waals surface area (Å²) in [6.07, 6.45) is 1.72. The lowest BCUT2D eigenvalue weighted by Gasteiger charge is -2.20. The first kappa shape index (κ1) is 12.4. The zero-order chi connectivity index (χ0) is 13.1. The molecule has 1 atom stereocenters. The van der Waals surface area contributed by atoms with E-state index < -0.39 is 6.04 Å². The molecular weight excluding hydrogens is 237 g/mol. The van der Waals surface area contributed by atoms with Crippen LogP contribution in [0, 0.1) is 15.9 Å². The maximum Gasteiger partial charge on any atom is 0.217 e. The molecule has 0 amide bonds. The second kappa shape index (κ2) is 5.08. The molecule has 0 spiro atoms. The molecule has 18 heavy (non-hydrogen) atoms. The number of nitro groups is 1. The van der Waals surface area contributed by atoms with Crippen LogP contribution >= 0.6 is 0 Å². The molecule has 2 rings (SSSR count). The molecule has 0 heterocycles. The van der Waals surface area contributed by atoms with Gasteiger partial charge in [-0.15, -0.1) is 0 Å². The number of nitrogens with zero attached hydrogens (tertiary/aromatic N) is 1. The number of halogens is 1. The predicted molar refractivity (Wildman–Crippen MR) is 64.0 cm³/mol. The number of hydrogen-bond acceptors (Lipinski definition) is 3. The zero-order valence-electron chi connectivity index (χ0n) is 9.64. The highest BCUT2D eigenvalue weighted by Gasteiger charge is 2.28. The first-order chi connectivity index (χ1) is 8.61. The molecule has 94 valence electrons. The van der Waals surface area contributed by atoms with Gasteiger partial charge in [0.2, 0.25) is 6.04 Å². The Morgan fingerprint density at radius 1 is 1.33 bits per heavy atom. The van der Waals surface area contributed by atoms with Crippen molar-refractivity contribution in [2.45, 2.75) is 25.3 Å². The molecule has 1 aliphatic carbocycles. The number of carbonyl (C=O) groups is 1. The SMILES string of the molecule is O=CC1=C(c2ccc(F)cc2)CCC([N+](=O)[O-])C1. The minimum atomic E-state index is -0.686. The fourth-order valence-corrected chi connectivity index (χ4v) is 2.23. The third-order valence-corrected chi connectivity index (χ3v) is 3.20. The molecule has 0 aliphatic heterocycles. The van der Waals surface area contributed by atoms with E-state index in [1.807, 2.05) is 0 Å². The van der Waals surface area contributed by atoms with Crippen molar-refractivity contribution < 1.29 is 14.1 Å². The lowest BCUT2D eigenvalue weighted by molar-refractivity contribution is -0.523. The van der Waals surface area contributed by atoms with Crippen molar-refractivity contribution in [2.75, 3.05) is 0 Å². The van der Waals surface area contributed by atoms with Gasteiger partial charge < -0.3 is 0 Å². The number of carbonyl (C=O) groups excluding carboxylic acids is 1.